The van der Waals surface area contributed by atoms with E-state index in [4.69, 9.17) is 9.47 Å². The summed E-state index contributed by atoms with van der Waals surface area (Å²) in [6.45, 7) is 0. The Bertz CT molecular complexity index is 817. The minimum Gasteiger partial charge on any atom is -0.508 e. The molecule has 3 aromatic carbocycles. The molecule has 0 aliphatic rings. The van der Waals surface area contributed by atoms with Crippen LogP contribution < -0.4 is 9.47 Å². The molecule has 0 saturated heterocycles. The molecule has 3 nitrogen and oxygen atoms in total. The summed E-state index contributed by atoms with van der Waals surface area (Å²) in [5.74, 6) is 1.55. The van der Waals surface area contributed by atoms with Crippen molar-refractivity contribution in [2.45, 2.75) is 0 Å². The summed E-state index contributed by atoms with van der Waals surface area (Å²) in [5.41, 5.74) is 0.803. The van der Waals surface area contributed by atoms with Crippen LogP contribution in [-0.4, -0.2) is 12.2 Å². The van der Waals surface area contributed by atoms with E-state index >= 15 is 0 Å². The molecule has 0 radical (unpaired) electrons. The number of aromatic hydroxyl groups is 1. The van der Waals surface area contributed by atoms with Gasteiger partial charge in [-0.2, -0.15) is 0 Å². The van der Waals surface area contributed by atoms with Crippen LogP contribution in [0.5, 0.6) is 17.2 Å². The maximum atomic E-state index is 9.63. The second-order valence-corrected chi connectivity index (χ2v) is 4.86. The molecule has 0 heterocycles. The molecule has 0 saturated carbocycles. The zero-order chi connectivity index (χ0) is 15.4. The third kappa shape index (κ3) is 3.04. The van der Waals surface area contributed by atoms with Crippen molar-refractivity contribution < 1.29 is 14.6 Å². The zero-order valence-corrected chi connectivity index (χ0v) is 12.2. The van der Waals surface area contributed by atoms with Crippen molar-refractivity contribution in [2.24, 2.45) is 0 Å². The van der Waals surface area contributed by atoms with Crippen LogP contribution in [0.2, 0.25) is 0 Å². The van der Waals surface area contributed by atoms with Crippen LogP contribution >= 0.6 is 0 Å². The Morgan fingerprint density at radius 1 is 0.955 bits per heavy atom. The van der Waals surface area contributed by atoms with Crippen LogP contribution in [0.4, 0.5) is 0 Å². The van der Waals surface area contributed by atoms with E-state index in [2.05, 4.69) is 0 Å². The molecule has 0 unspecified atom stereocenters. The minimum absolute atomic E-state index is 0.157. The summed E-state index contributed by atoms with van der Waals surface area (Å²) in [6, 6.07) is 19.0. The molecular formula is C19H16O3. The van der Waals surface area contributed by atoms with Gasteiger partial charge in [0.1, 0.15) is 17.2 Å². The number of rotatable bonds is 4. The predicted molar refractivity (Wildman–Crippen MR) is 88.3 cm³/mol. The molecule has 0 amide bonds. The summed E-state index contributed by atoms with van der Waals surface area (Å²) >= 11 is 0. The lowest BCUT2D eigenvalue weighted by Crippen LogP contribution is -1.86. The number of ether oxygens (including phenoxy) is 2. The fourth-order valence-corrected chi connectivity index (χ4v) is 2.30. The van der Waals surface area contributed by atoms with Crippen LogP contribution in [0, 0.1) is 0 Å². The van der Waals surface area contributed by atoms with Gasteiger partial charge in [-0.05, 0) is 35.2 Å². The molecule has 0 spiro atoms. The Kier molecular flexibility index (Phi) is 3.97. The Morgan fingerprint density at radius 2 is 1.77 bits per heavy atom. The zero-order valence-electron chi connectivity index (χ0n) is 12.2. The molecule has 110 valence electrons. The lowest BCUT2D eigenvalue weighted by Gasteiger charge is -2.05. The lowest BCUT2D eigenvalue weighted by molar-refractivity contribution is 0.407. The Hall–Kier alpha value is -2.94. The molecule has 0 atom stereocenters. The Morgan fingerprint density at radius 3 is 2.64 bits per heavy atom. The highest BCUT2D eigenvalue weighted by molar-refractivity contribution is 5.88. The molecule has 0 fully saturated rings. The van der Waals surface area contributed by atoms with Gasteiger partial charge in [-0.1, -0.05) is 36.4 Å². The van der Waals surface area contributed by atoms with Crippen molar-refractivity contribution in [3.05, 3.63) is 72.5 Å². The molecular weight excluding hydrogens is 276 g/mol. The maximum Gasteiger partial charge on any atom is 0.134 e. The fourth-order valence-electron chi connectivity index (χ4n) is 2.30. The van der Waals surface area contributed by atoms with Crippen LogP contribution in [0.15, 0.2) is 66.9 Å². The van der Waals surface area contributed by atoms with Crippen molar-refractivity contribution in [3.8, 4) is 17.2 Å². The number of benzene rings is 3. The van der Waals surface area contributed by atoms with E-state index in [0.29, 0.717) is 5.75 Å². The molecule has 0 bridgehead atoms. The van der Waals surface area contributed by atoms with E-state index < -0.39 is 0 Å². The monoisotopic (exact) mass is 292 g/mol. The van der Waals surface area contributed by atoms with Crippen LogP contribution in [0.25, 0.3) is 16.8 Å². The van der Waals surface area contributed by atoms with Crippen molar-refractivity contribution in [2.75, 3.05) is 7.11 Å². The van der Waals surface area contributed by atoms with E-state index in [9.17, 15) is 5.11 Å². The van der Waals surface area contributed by atoms with E-state index in [1.807, 2.05) is 48.5 Å². The molecule has 0 aromatic heterocycles. The van der Waals surface area contributed by atoms with Gasteiger partial charge in [0.05, 0.1) is 13.4 Å². The van der Waals surface area contributed by atoms with Crippen LogP contribution in [0.3, 0.4) is 0 Å². The molecule has 3 heteroatoms. The van der Waals surface area contributed by atoms with Crippen LogP contribution in [-0.2, 0) is 0 Å². The molecule has 0 aliphatic carbocycles. The van der Waals surface area contributed by atoms with Gasteiger partial charge in [0.15, 0.2) is 0 Å². The second kappa shape index (κ2) is 6.22. The highest BCUT2D eigenvalue weighted by Crippen LogP contribution is 2.26. The summed E-state index contributed by atoms with van der Waals surface area (Å²) < 4.78 is 10.9. The standard InChI is InChI=1S/C19H16O3/c1-21-17-12-14(11-16(20)13-17)9-10-22-19-8-4-6-15-5-2-3-7-18(15)19/h2-13,20H,1H3/b10-9+. The van der Waals surface area contributed by atoms with Gasteiger partial charge in [0.25, 0.3) is 0 Å². The first-order chi connectivity index (χ1) is 10.8. The van der Waals surface area contributed by atoms with E-state index in [1.54, 1.807) is 31.6 Å². The highest BCUT2D eigenvalue weighted by atomic mass is 16.5. The first kappa shape index (κ1) is 14.0. The third-order valence-electron chi connectivity index (χ3n) is 3.35. The maximum absolute atomic E-state index is 9.63. The number of hydrogen-bond donors (Lipinski definition) is 1. The minimum atomic E-state index is 0.157. The molecule has 1 N–H and O–H groups in total. The smallest absolute Gasteiger partial charge is 0.134 e. The number of methoxy groups -OCH3 is 1. The first-order valence-corrected chi connectivity index (χ1v) is 6.95. The largest absolute Gasteiger partial charge is 0.508 e. The normalized spacial score (nSPS) is 11.0. The Balaban J connectivity index is 1.83. The van der Waals surface area contributed by atoms with Gasteiger partial charge >= 0.3 is 0 Å². The van der Waals surface area contributed by atoms with Gasteiger partial charge in [0, 0.05) is 11.5 Å². The quantitative estimate of drug-likeness (QED) is 0.714. The molecule has 3 aromatic rings. The van der Waals surface area contributed by atoms with E-state index in [1.165, 1.54) is 0 Å². The average Bonchev–Trinajstić information content (AvgIpc) is 2.54. The SMILES string of the molecule is COc1cc(O)cc(/C=C/Oc2cccc3ccccc23)c1. The number of phenolic OH excluding ortho intramolecular Hbond substituents is 1. The summed E-state index contributed by atoms with van der Waals surface area (Å²) in [4.78, 5) is 0. The van der Waals surface area contributed by atoms with Gasteiger partial charge in [-0.3, -0.25) is 0 Å². The number of phenols is 1. The summed E-state index contributed by atoms with van der Waals surface area (Å²) in [5, 5.41) is 11.8. The van der Waals surface area contributed by atoms with Crippen molar-refractivity contribution in [3.63, 3.8) is 0 Å². The van der Waals surface area contributed by atoms with E-state index in [0.717, 1.165) is 22.1 Å². The van der Waals surface area contributed by atoms with E-state index in [-0.39, 0.29) is 5.75 Å². The lowest BCUT2D eigenvalue weighted by atomic mass is 10.1. The Labute approximate surface area is 129 Å². The second-order valence-electron chi connectivity index (χ2n) is 4.86. The van der Waals surface area contributed by atoms with Crippen molar-refractivity contribution >= 4 is 16.8 Å². The average molecular weight is 292 g/mol. The van der Waals surface area contributed by atoms with Gasteiger partial charge < -0.3 is 14.6 Å². The van der Waals surface area contributed by atoms with Gasteiger partial charge in [0.2, 0.25) is 0 Å². The first-order valence-electron chi connectivity index (χ1n) is 6.95. The summed E-state index contributed by atoms with van der Waals surface area (Å²) in [6.07, 6.45) is 3.39. The number of fused-ring (bicyclic) bond motifs is 1. The third-order valence-corrected chi connectivity index (χ3v) is 3.35. The van der Waals surface area contributed by atoms with Crippen molar-refractivity contribution in [1.82, 2.24) is 0 Å². The molecule has 3 rings (SSSR count). The van der Waals surface area contributed by atoms with Gasteiger partial charge in [-0.25, -0.2) is 0 Å². The predicted octanol–water partition coefficient (Wildman–Crippen LogP) is 4.60. The number of hydrogen-bond acceptors (Lipinski definition) is 3. The molecule has 0 aliphatic heterocycles. The van der Waals surface area contributed by atoms with Crippen LogP contribution in [0.1, 0.15) is 5.56 Å². The van der Waals surface area contributed by atoms with Gasteiger partial charge in [-0.15, -0.1) is 0 Å². The molecule has 22 heavy (non-hydrogen) atoms. The summed E-state index contributed by atoms with van der Waals surface area (Å²) in [7, 11) is 1.56. The highest BCUT2D eigenvalue weighted by Gasteiger charge is 2.00. The topological polar surface area (TPSA) is 38.7 Å². The fraction of sp³-hybridized carbons (Fsp3) is 0.0526. The van der Waals surface area contributed by atoms with Crippen molar-refractivity contribution in [1.29, 1.82) is 0 Å².